The number of amides is 5. The van der Waals surface area contributed by atoms with Gasteiger partial charge in [0, 0.05) is 56.4 Å². The average Bonchev–Trinajstić information content (AvgIpc) is 3.33. The number of pyridine rings is 1. The normalized spacial score (nSPS) is 24.8. The van der Waals surface area contributed by atoms with Crippen molar-refractivity contribution in [3.8, 4) is 6.07 Å². The number of unbranched alkanes of at least 4 members (excludes halogenated alkanes) is 1. The van der Waals surface area contributed by atoms with Gasteiger partial charge < -0.3 is 15.1 Å². The van der Waals surface area contributed by atoms with Gasteiger partial charge in [0.15, 0.2) is 5.11 Å². The van der Waals surface area contributed by atoms with Gasteiger partial charge in [0.05, 0.1) is 35.1 Å². The van der Waals surface area contributed by atoms with Crippen LogP contribution in [-0.4, -0.2) is 105 Å². The Morgan fingerprint density at radius 3 is 2.39 bits per heavy atom. The summed E-state index contributed by atoms with van der Waals surface area (Å²) >= 11 is 5.76. The van der Waals surface area contributed by atoms with E-state index in [2.05, 4.69) is 39.3 Å². The summed E-state index contributed by atoms with van der Waals surface area (Å²) < 4.78 is 41.2. The lowest BCUT2D eigenvalue weighted by molar-refractivity contribution is -0.137. The first-order valence-electron chi connectivity index (χ1n) is 19.6. The average molecular weight is 810 g/mol. The Balaban J connectivity index is 0.929. The number of hydrogen-bond acceptors (Lipinski definition) is 9. The van der Waals surface area contributed by atoms with Crippen LogP contribution in [0.3, 0.4) is 0 Å². The molecule has 306 valence electrons. The largest absolute Gasteiger partial charge is 0.417 e. The van der Waals surface area contributed by atoms with E-state index in [0.717, 1.165) is 76.7 Å². The molecule has 1 aromatic carbocycles. The molecule has 4 aliphatic rings. The van der Waals surface area contributed by atoms with Gasteiger partial charge in [0.1, 0.15) is 11.4 Å². The number of anilines is 3. The van der Waals surface area contributed by atoms with Crippen molar-refractivity contribution in [3.63, 3.8) is 0 Å². The highest BCUT2D eigenvalue weighted by Gasteiger charge is 2.52. The summed E-state index contributed by atoms with van der Waals surface area (Å²) in [5.41, 5.74) is -2.06. The lowest BCUT2D eigenvalue weighted by Crippen LogP contribution is -2.58. The number of carbonyl (C=O) groups is 4. The number of nitrogens with one attached hydrogen (secondary N) is 2. The second kappa shape index (κ2) is 17.1. The number of halogens is 3. The Labute approximate surface area is 336 Å². The van der Waals surface area contributed by atoms with Crippen LogP contribution >= 0.6 is 12.2 Å². The van der Waals surface area contributed by atoms with Gasteiger partial charge in [-0.05, 0) is 109 Å². The zero-order chi connectivity index (χ0) is 41.2. The Bertz CT molecular complexity index is 1920. The number of aromatic nitrogens is 1. The van der Waals surface area contributed by atoms with Crippen LogP contribution in [0, 0.1) is 17.2 Å². The Kier molecular flexibility index (Phi) is 12.6. The SMILES string of the molecule is C[C@@H]1CN(CCCC[C@H]2CC[C@H](N3C(=S)N(c4ccc(C#N)c(C(F)(F)F)c4)C(=O)C3(C)C)CC2)C[C@H](C)N1CC(=O)Nc1cc(N2CCC(=O)NC2=O)ccn1. The van der Waals surface area contributed by atoms with E-state index < -0.39 is 28.9 Å². The van der Waals surface area contributed by atoms with Crippen molar-refractivity contribution in [1.29, 1.82) is 5.26 Å². The summed E-state index contributed by atoms with van der Waals surface area (Å²) in [6.07, 6.45) is 3.84. The number of nitriles is 1. The number of piperazine rings is 1. The van der Waals surface area contributed by atoms with Crippen LogP contribution in [0.25, 0.3) is 0 Å². The molecule has 1 saturated carbocycles. The van der Waals surface area contributed by atoms with E-state index in [4.69, 9.17) is 12.2 Å². The Morgan fingerprint density at radius 1 is 1.04 bits per heavy atom. The molecular formula is C40H50F3N9O4S. The number of nitrogens with zero attached hydrogens (tertiary/aromatic N) is 7. The summed E-state index contributed by atoms with van der Waals surface area (Å²) in [7, 11) is 0. The van der Waals surface area contributed by atoms with Crippen molar-refractivity contribution < 1.29 is 32.3 Å². The van der Waals surface area contributed by atoms with Crippen molar-refractivity contribution >= 4 is 58.3 Å². The maximum atomic E-state index is 13.7. The van der Waals surface area contributed by atoms with E-state index in [1.54, 1.807) is 32.0 Å². The minimum atomic E-state index is -4.75. The topological polar surface area (TPSA) is 145 Å². The maximum Gasteiger partial charge on any atom is 0.417 e. The van der Waals surface area contributed by atoms with Gasteiger partial charge in [-0.2, -0.15) is 18.4 Å². The van der Waals surface area contributed by atoms with Crippen molar-refractivity contribution in [3.05, 3.63) is 47.7 Å². The van der Waals surface area contributed by atoms with E-state index in [0.29, 0.717) is 17.4 Å². The Morgan fingerprint density at radius 2 is 1.74 bits per heavy atom. The van der Waals surface area contributed by atoms with Crippen LogP contribution in [0.5, 0.6) is 0 Å². The smallest absolute Gasteiger partial charge is 0.331 e. The van der Waals surface area contributed by atoms with E-state index in [-0.39, 0.29) is 66.2 Å². The number of alkyl halides is 3. The molecule has 4 heterocycles. The fraction of sp³-hybridized carbons (Fsp3) is 0.575. The predicted molar refractivity (Wildman–Crippen MR) is 212 cm³/mol. The summed E-state index contributed by atoms with van der Waals surface area (Å²) in [6.45, 7) is 10.9. The van der Waals surface area contributed by atoms with E-state index in [1.165, 1.54) is 22.1 Å². The van der Waals surface area contributed by atoms with Crippen LogP contribution in [0.4, 0.5) is 35.2 Å². The van der Waals surface area contributed by atoms with E-state index in [1.807, 2.05) is 4.90 Å². The maximum absolute atomic E-state index is 13.7. The second-order valence-electron chi connectivity index (χ2n) is 16.2. The molecule has 6 rings (SSSR count). The summed E-state index contributed by atoms with van der Waals surface area (Å²) in [5.74, 6) is -0.00558. The highest BCUT2D eigenvalue weighted by atomic mass is 32.1. The molecule has 57 heavy (non-hydrogen) atoms. The monoisotopic (exact) mass is 809 g/mol. The van der Waals surface area contributed by atoms with Crippen molar-refractivity contribution in [2.24, 2.45) is 5.92 Å². The number of urea groups is 1. The third-order valence-electron chi connectivity index (χ3n) is 11.8. The predicted octanol–water partition coefficient (Wildman–Crippen LogP) is 5.89. The highest BCUT2D eigenvalue weighted by Crippen LogP contribution is 2.41. The molecule has 2 atom stereocenters. The van der Waals surface area contributed by atoms with Gasteiger partial charge in [-0.25, -0.2) is 9.78 Å². The first kappa shape index (κ1) is 42.0. The number of carbonyl (C=O) groups excluding carboxylic acids is 4. The third-order valence-corrected chi connectivity index (χ3v) is 12.2. The third kappa shape index (κ3) is 9.23. The summed E-state index contributed by atoms with van der Waals surface area (Å²) in [5, 5.41) is 14.6. The zero-order valence-corrected chi connectivity index (χ0v) is 33.6. The molecule has 3 aliphatic heterocycles. The first-order valence-corrected chi connectivity index (χ1v) is 20.0. The molecule has 0 bridgehead atoms. The number of rotatable bonds is 11. The number of hydrogen-bond donors (Lipinski definition) is 2. The molecular weight excluding hydrogens is 760 g/mol. The standard InChI is InChI=1S/C40H50F3N9O4S/c1-25-22-48(23-26(2)50(25)24-35(54)46-33-20-30(14-16-45-33)49-18-15-34(53)47-37(49)56)17-6-5-7-27-8-11-29(12-9-27)52-38(57)51(36(55)39(52,3)4)31-13-10-28(21-44)32(19-31)40(41,42)43/h10,13-14,16,19-20,25-27,29H,5-9,11-12,15,17-18,22-24H2,1-4H3,(H,45,46,54)(H,47,53,56)/t25-,26+,27-,29-. The minimum absolute atomic E-state index is 0.00297. The van der Waals surface area contributed by atoms with Crippen molar-refractivity contribution in [1.82, 2.24) is 25.0 Å². The molecule has 4 fully saturated rings. The van der Waals surface area contributed by atoms with E-state index in [9.17, 15) is 37.6 Å². The summed E-state index contributed by atoms with van der Waals surface area (Å²) in [4.78, 5) is 64.0. The van der Waals surface area contributed by atoms with Gasteiger partial charge in [-0.3, -0.25) is 34.4 Å². The Hall–Kier alpha value is -4.66. The van der Waals surface area contributed by atoms with Gasteiger partial charge in [-0.1, -0.05) is 12.8 Å². The van der Waals surface area contributed by atoms with Crippen molar-refractivity contribution in [2.45, 2.75) is 109 Å². The molecule has 0 unspecified atom stereocenters. The molecule has 17 heteroatoms. The molecule has 0 spiro atoms. The molecule has 3 saturated heterocycles. The fourth-order valence-corrected chi connectivity index (χ4v) is 9.45. The van der Waals surface area contributed by atoms with Gasteiger partial charge in [0.25, 0.3) is 5.91 Å². The molecule has 2 aromatic rings. The summed E-state index contributed by atoms with van der Waals surface area (Å²) in [6, 6.07) is 7.98. The lowest BCUT2D eigenvalue weighted by atomic mass is 9.81. The van der Waals surface area contributed by atoms with Crippen LogP contribution in [0.2, 0.25) is 0 Å². The molecule has 5 amide bonds. The van der Waals surface area contributed by atoms with Crippen molar-refractivity contribution in [2.75, 3.05) is 47.8 Å². The molecule has 2 N–H and O–H groups in total. The lowest BCUT2D eigenvalue weighted by Gasteiger charge is -2.44. The molecule has 1 aliphatic carbocycles. The van der Waals surface area contributed by atoms with Gasteiger partial charge in [0.2, 0.25) is 11.8 Å². The quantitative estimate of drug-likeness (QED) is 0.208. The fourth-order valence-electron chi connectivity index (χ4n) is 8.89. The van der Waals surface area contributed by atoms with Crippen LogP contribution < -0.4 is 20.4 Å². The zero-order valence-electron chi connectivity index (χ0n) is 32.8. The molecule has 13 nitrogen and oxygen atoms in total. The van der Waals surface area contributed by atoms with Gasteiger partial charge in [-0.15, -0.1) is 0 Å². The van der Waals surface area contributed by atoms with E-state index >= 15 is 0 Å². The highest BCUT2D eigenvalue weighted by molar-refractivity contribution is 7.80. The molecule has 0 radical (unpaired) electrons. The van der Waals surface area contributed by atoms with Crippen LogP contribution in [0.15, 0.2) is 36.5 Å². The van der Waals surface area contributed by atoms with Crippen LogP contribution in [-0.2, 0) is 20.6 Å². The number of imide groups is 1. The van der Waals surface area contributed by atoms with Gasteiger partial charge >= 0.3 is 12.2 Å². The number of benzene rings is 1. The first-order chi connectivity index (χ1) is 27.0. The minimum Gasteiger partial charge on any atom is -0.331 e. The second-order valence-corrected chi connectivity index (χ2v) is 16.6. The molecule has 1 aromatic heterocycles. The number of thiocarbonyl (C=S) groups is 1. The van der Waals surface area contributed by atoms with Crippen LogP contribution in [0.1, 0.15) is 90.2 Å².